The summed E-state index contributed by atoms with van der Waals surface area (Å²) in [5.41, 5.74) is 0. The fraction of sp³-hybridized carbons (Fsp3) is 0.615. The van der Waals surface area contributed by atoms with Crippen LogP contribution < -0.4 is 10.1 Å². The average molecular weight is 267 g/mol. The van der Waals surface area contributed by atoms with Crippen LogP contribution in [0.4, 0.5) is 5.95 Å². The van der Waals surface area contributed by atoms with E-state index in [0.717, 1.165) is 12.8 Å². The zero-order chi connectivity index (χ0) is 14.1. The Bertz CT molecular complexity index is 398. The Labute approximate surface area is 113 Å². The number of anilines is 1. The van der Waals surface area contributed by atoms with E-state index in [0.29, 0.717) is 31.4 Å². The lowest BCUT2D eigenvalue weighted by molar-refractivity contribution is -0.141. The number of hydrogen-bond acceptors (Lipinski definition) is 5. The van der Waals surface area contributed by atoms with E-state index >= 15 is 0 Å². The highest BCUT2D eigenvalue weighted by Gasteiger charge is 2.16. The standard InChI is InChI=1S/C13H21N3O3/c1-3-5-10(12(17)18)9-15-13-14-7-6-11(16-13)19-8-4-2/h6-7,10H,3-5,8-9H2,1-2H3,(H,17,18)(H,14,15,16). The number of nitrogens with one attached hydrogen (secondary N) is 1. The Morgan fingerprint density at radius 3 is 2.89 bits per heavy atom. The third-order valence-corrected chi connectivity index (χ3v) is 2.58. The molecule has 0 radical (unpaired) electrons. The van der Waals surface area contributed by atoms with Crippen LogP contribution in [0.2, 0.25) is 0 Å². The van der Waals surface area contributed by atoms with E-state index in [4.69, 9.17) is 9.84 Å². The summed E-state index contributed by atoms with van der Waals surface area (Å²) in [5.74, 6) is -0.320. The smallest absolute Gasteiger partial charge is 0.308 e. The molecule has 6 heteroatoms. The van der Waals surface area contributed by atoms with Crippen molar-refractivity contribution in [3.63, 3.8) is 0 Å². The average Bonchev–Trinajstić information content (AvgIpc) is 2.41. The first-order valence-corrected chi connectivity index (χ1v) is 6.59. The molecule has 0 saturated carbocycles. The number of carboxylic acid groups (broad SMARTS) is 1. The highest BCUT2D eigenvalue weighted by molar-refractivity contribution is 5.70. The first kappa shape index (κ1) is 15.2. The minimum Gasteiger partial charge on any atom is -0.481 e. The fourth-order valence-electron chi connectivity index (χ4n) is 1.59. The van der Waals surface area contributed by atoms with E-state index in [1.807, 2.05) is 13.8 Å². The first-order valence-electron chi connectivity index (χ1n) is 6.59. The second-order valence-electron chi connectivity index (χ2n) is 4.27. The SMILES string of the molecule is CCCOc1ccnc(NCC(CCC)C(=O)O)n1. The molecule has 19 heavy (non-hydrogen) atoms. The van der Waals surface area contributed by atoms with E-state index < -0.39 is 11.9 Å². The van der Waals surface area contributed by atoms with Crippen LogP contribution in [0.15, 0.2) is 12.3 Å². The van der Waals surface area contributed by atoms with Crippen molar-refractivity contribution in [1.29, 1.82) is 0 Å². The number of nitrogens with zero attached hydrogens (tertiary/aromatic N) is 2. The van der Waals surface area contributed by atoms with Crippen molar-refractivity contribution in [3.8, 4) is 5.88 Å². The third-order valence-electron chi connectivity index (χ3n) is 2.58. The predicted octanol–water partition coefficient (Wildman–Crippen LogP) is 2.18. The molecule has 106 valence electrons. The molecule has 0 bridgehead atoms. The maximum Gasteiger partial charge on any atom is 0.308 e. The lowest BCUT2D eigenvalue weighted by Crippen LogP contribution is -2.23. The number of carbonyl (C=O) groups is 1. The van der Waals surface area contributed by atoms with Gasteiger partial charge in [0.2, 0.25) is 11.8 Å². The van der Waals surface area contributed by atoms with Gasteiger partial charge in [-0.15, -0.1) is 0 Å². The molecule has 1 heterocycles. The van der Waals surface area contributed by atoms with Crippen LogP contribution in [0.25, 0.3) is 0 Å². The maximum atomic E-state index is 11.0. The Morgan fingerprint density at radius 2 is 2.26 bits per heavy atom. The van der Waals surface area contributed by atoms with Crippen LogP contribution in [0.1, 0.15) is 33.1 Å². The summed E-state index contributed by atoms with van der Waals surface area (Å²) >= 11 is 0. The summed E-state index contributed by atoms with van der Waals surface area (Å²) in [6.45, 7) is 4.90. The van der Waals surface area contributed by atoms with Crippen LogP contribution in [0.5, 0.6) is 5.88 Å². The van der Waals surface area contributed by atoms with Crippen molar-refractivity contribution < 1.29 is 14.6 Å². The van der Waals surface area contributed by atoms with Crippen LogP contribution in [-0.2, 0) is 4.79 Å². The Morgan fingerprint density at radius 1 is 1.47 bits per heavy atom. The summed E-state index contributed by atoms with van der Waals surface area (Å²) in [4.78, 5) is 19.2. The maximum absolute atomic E-state index is 11.0. The van der Waals surface area contributed by atoms with Gasteiger partial charge in [-0.3, -0.25) is 4.79 Å². The van der Waals surface area contributed by atoms with Gasteiger partial charge in [-0.2, -0.15) is 4.98 Å². The van der Waals surface area contributed by atoms with Crippen molar-refractivity contribution in [1.82, 2.24) is 9.97 Å². The Hall–Kier alpha value is -1.85. The molecule has 1 atom stereocenters. The van der Waals surface area contributed by atoms with E-state index in [2.05, 4.69) is 15.3 Å². The van der Waals surface area contributed by atoms with E-state index in [-0.39, 0.29) is 0 Å². The minimum absolute atomic E-state index is 0.320. The van der Waals surface area contributed by atoms with Crippen LogP contribution in [0.3, 0.4) is 0 Å². The van der Waals surface area contributed by atoms with Crippen molar-refractivity contribution in [2.75, 3.05) is 18.5 Å². The molecule has 0 aliphatic carbocycles. The molecule has 0 saturated heterocycles. The predicted molar refractivity (Wildman–Crippen MR) is 72.3 cm³/mol. The van der Waals surface area contributed by atoms with Gasteiger partial charge in [0.1, 0.15) is 0 Å². The molecular weight excluding hydrogens is 246 g/mol. The normalized spacial score (nSPS) is 11.9. The molecule has 1 rings (SSSR count). The summed E-state index contributed by atoms with van der Waals surface area (Å²) in [6.07, 6.45) is 3.97. The number of hydrogen-bond donors (Lipinski definition) is 2. The second-order valence-corrected chi connectivity index (χ2v) is 4.27. The van der Waals surface area contributed by atoms with E-state index in [9.17, 15) is 4.79 Å². The van der Waals surface area contributed by atoms with Crippen molar-refractivity contribution in [2.45, 2.75) is 33.1 Å². The fourth-order valence-corrected chi connectivity index (χ4v) is 1.59. The molecule has 1 aromatic heterocycles. The molecule has 2 N–H and O–H groups in total. The number of rotatable bonds is 9. The number of aromatic nitrogens is 2. The first-order chi connectivity index (χ1) is 9.17. The number of carboxylic acids is 1. The molecule has 1 aromatic rings. The van der Waals surface area contributed by atoms with Crippen molar-refractivity contribution in [2.24, 2.45) is 5.92 Å². The van der Waals surface area contributed by atoms with Crippen LogP contribution >= 0.6 is 0 Å². The molecule has 0 aliphatic heterocycles. The highest BCUT2D eigenvalue weighted by Crippen LogP contribution is 2.11. The minimum atomic E-state index is -0.798. The topological polar surface area (TPSA) is 84.3 Å². The van der Waals surface area contributed by atoms with Crippen molar-refractivity contribution in [3.05, 3.63) is 12.3 Å². The zero-order valence-electron chi connectivity index (χ0n) is 11.4. The quantitative estimate of drug-likeness (QED) is 0.713. The summed E-state index contributed by atoms with van der Waals surface area (Å²) in [5, 5.41) is 12.0. The van der Waals surface area contributed by atoms with Gasteiger partial charge in [0.15, 0.2) is 0 Å². The summed E-state index contributed by atoms with van der Waals surface area (Å²) in [7, 11) is 0. The zero-order valence-corrected chi connectivity index (χ0v) is 11.4. The lowest BCUT2D eigenvalue weighted by Gasteiger charge is -2.12. The van der Waals surface area contributed by atoms with Gasteiger partial charge in [0.25, 0.3) is 0 Å². The molecular formula is C13H21N3O3. The van der Waals surface area contributed by atoms with E-state index in [1.54, 1.807) is 12.3 Å². The van der Waals surface area contributed by atoms with Gasteiger partial charge in [-0.25, -0.2) is 4.98 Å². The van der Waals surface area contributed by atoms with Gasteiger partial charge in [-0.1, -0.05) is 20.3 Å². The highest BCUT2D eigenvalue weighted by atomic mass is 16.5. The van der Waals surface area contributed by atoms with E-state index in [1.165, 1.54) is 0 Å². The van der Waals surface area contributed by atoms with Gasteiger partial charge in [0.05, 0.1) is 12.5 Å². The lowest BCUT2D eigenvalue weighted by atomic mass is 10.0. The Balaban J connectivity index is 2.53. The van der Waals surface area contributed by atoms with Gasteiger partial charge in [0, 0.05) is 18.8 Å². The molecule has 0 spiro atoms. The monoisotopic (exact) mass is 267 g/mol. The van der Waals surface area contributed by atoms with Gasteiger partial charge < -0.3 is 15.2 Å². The largest absolute Gasteiger partial charge is 0.481 e. The van der Waals surface area contributed by atoms with Gasteiger partial charge >= 0.3 is 5.97 Å². The second kappa shape index (κ2) is 8.29. The Kier molecular flexibility index (Phi) is 6.63. The molecule has 0 amide bonds. The molecule has 1 unspecified atom stereocenters. The summed E-state index contributed by atoms with van der Waals surface area (Å²) in [6, 6.07) is 1.68. The number of aliphatic carboxylic acids is 1. The number of ether oxygens (including phenoxy) is 1. The van der Waals surface area contributed by atoms with Gasteiger partial charge in [-0.05, 0) is 12.8 Å². The molecule has 6 nitrogen and oxygen atoms in total. The molecule has 0 aliphatic rings. The molecule has 0 fully saturated rings. The van der Waals surface area contributed by atoms with Crippen molar-refractivity contribution >= 4 is 11.9 Å². The van der Waals surface area contributed by atoms with Crippen LogP contribution in [-0.4, -0.2) is 34.2 Å². The van der Waals surface area contributed by atoms with Crippen LogP contribution in [0, 0.1) is 5.92 Å². The third kappa shape index (κ3) is 5.54. The summed E-state index contributed by atoms with van der Waals surface area (Å²) < 4.78 is 5.39. The molecule has 0 aromatic carbocycles.